The van der Waals surface area contributed by atoms with Crippen molar-refractivity contribution in [1.82, 2.24) is 4.90 Å². The van der Waals surface area contributed by atoms with E-state index >= 15 is 0 Å². The Morgan fingerprint density at radius 3 is 2.43 bits per heavy atom. The Bertz CT molecular complexity index is 492. The van der Waals surface area contributed by atoms with Crippen molar-refractivity contribution in [2.45, 2.75) is 33.7 Å². The van der Waals surface area contributed by atoms with Gasteiger partial charge in [0.15, 0.2) is 0 Å². The summed E-state index contributed by atoms with van der Waals surface area (Å²) in [6.45, 7) is 12.0. The minimum atomic E-state index is -0.874. The molecule has 1 aliphatic heterocycles. The summed E-state index contributed by atoms with van der Waals surface area (Å²) in [7, 11) is 0. The number of cyclic esters (lactones) is 1. The Labute approximate surface area is 139 Å². The summed E-state index contributed by atoms with van der Waals surface area (Å²) in [6.07, 6.45) is 10.4. The van der Waals surface area contributed by atoms with E-state index in [0.717, 1.165) is 10.5 Å². The molecule has 1 rings (SSSR count). The number of nitrogens with zero attached hydrogens (tertiary/aromatic N) is 1. The van der Waals surface area contributed by atoms with Crippen molar-refractivity contribution in [3.8, 4) is 0 Å². The van der Waals surface area contributed by atoms with Gasteiger partial charge in [0, 0.05) is 5.92 Å². The molecule has 5 heteroatoms. The molecule has 0 radical (unpaired) electrons. The maximum absolute atomic E-state index is 12.3. The second kappa shape index (κ2) is 11.4. The molecule has 1 aliphatic rings. The van der Waals surface area contributed by atoms with Crippen molar-refractivity contribution < 1.29 is 14.3 Å². The zero-order chi connectivity index (χ0) is 17.8. The summed E-state index contributed by atoms with van der Waals surface area (Å²) in [5, 5.41) is 0. The number of carbonyl (C=O) groups is 2. The van der Waals surface area contributed by atoms with Gasteiger partial charge >= 0.3 is 6.09 Å². The molecule has 2 amide bonds. The standard InChI is InChI=1S/C16H22N2O3.C2H6/c1-4-7-9-12(8-5-2)13(6-3)14(17)15(19)18-10-11-21-16(18)20;1-2/h4-9,13-14H,3,10-11,17H2,1-2H3;1-2H3/b7-4-,8-5-,12-9+;/t13-,14+;/m1./s1. The van der Waals surface area contributed by atoms with E-state index in [1.165, 1.54) is 0 Å². The topological polar surface area (TPSA) is 72.6 Å². The maximum atomic E-state index is 12.3. The zero-order valence-corrected chi connectivity index (χ0v) is 14.5. The normalized spacial score (nSPS) is 17.7. The van der Waals surface area contributed by atoms with Crippen LogP contribution in [0.25, 0.3) is 0 Å². The molecule has 0 spiro atoms. The van der Waals surface area contributed by atoms with Crippen LogP contribution in [0, 0.1) is 5.92 Å². The molecule has 23 heavy (non-hydrogen) atoms. The SMILES string of the molecule is C=C[C@H](C(/C=C\C)=C/C=C\C)[C@H](N)C(=O)N1CCOC1=O.CC. The molecule has 1 fully saturated rings. The number of ether oxygens (including phenoxy) is 1. The van der Waals surface area contributed by atoms with Gasteiger partial charge < -0.3 is 10.5 Å². The summed E-state index contributed by atoms with van der Waals surface area (Å²) in [4.78, 5) is 24.8. The van der Waals surface area contributed by atoms with Crippen LogP contribution in [0.3, 0.4) is 0 Å². The molecule has 1 saturated heterocycles. The summed E-state index contributed by atoms with van der Waals surface area (Å²) in [5.41, 5.74) is 6.91. The molecule has 0 aromatic rings. The maximum Gasteiger partial charge on any atom is 0.416 e. The number of nitrogens with two attached hydrogens (primary N) is 1. The molecule has 0 aliphatic carbocycles. The molecule has 128 valence electrons. The molecule has 0 unspecified atom stereocenters. The van der Waals surface area contributed by atoms with E-state index in [-0.39, 0.29) is 19.1 Å². The third-order valence-corrected chi connectivity index (χ3v) is 3.18. The Kier molecular flexibility index (Phi) is 10.4. The average Bonchev–Trinajstić information content (AvgIpc) is 3.00. The smallest absolute Gasteiger partial charge is 0.416 e. The monoisotopic (exact) mass is 320 g/mol. The lowest BCUT2D eigenvalue weighted by molar-refractivity contribution is -0.129. The van der Waals surface area contributed by atoms with Crippen LogP contribution in [0.15, 0.2) is 48.6 Å². The number of hydrogen-bond donors (Lipinski definition) is 1. The van der Waals surface area contributed by atoms with Gasteiger partial charge in [-0.25, -0.2) is 9.69 Å². The number of amides is 2. The quantitative estimate of drug-likeness (QED) is 0.602. The van der Waals surface area contributed by atoms with Crippen molar-refractivity contribution >= 4 is 12.0 Å². The minimum Gasteiger partial charge on any atom is -0.447 e. The van der Waals surface area contributed by atoms with Gasteiger partial charge in [0.25, 0.3) is 0 Å². The van der Waals surface area contributed by atoms with E-state index < -0.39 is 18.0 Å². The fraction of sp³-hybridized carbons (Fsp3) is 0.444. The van der Waals surface area contributed by atoms with Gasteiger partial charge in [-0.2, -0.15) is 0 Å². The lowest BCUT2D eigenvalue weighted by Crippen LogP contribution is -2.48. The van der Waals surface area contributed by atoms with Gasteiger partial charge in [-0.1, -0.05) is 50.3 Å². The molecule has 2 atom stereocenters. The number of imide groups is 1. The lowest BCUT2D eigenvalue weighted by Gasteiger charge is -2.23. The highest BCUT2D eigenvalue weighted by Gasteiger charge is 2.35. The molecule has 0 aromatic heterocycles. The first-order valence-electron chi connectivity index (χ1n) is 7.88. The van der Waals surface area contributed by atoms with E-state index in [9.17, 15) is 9.59 Å². The van der Waals surface area contributed by atoms with Gasteiger partial charge in [0.1, 0.15) is 6.61 Å². The van der Waals surface area contributed by atoms with Crippen LogP contribution in [-0.2, 0) is 9.53 Å². The fourth-order valence-electron chi connectivity index (χ4n) is 2.09. The molecule has 1 heterocycles. The van der Waals surface area contributed by atoms with Crippen LogP contribution < -0.4 is 5.73 Å². The number of allylic oxidation sites excluding steroid dienone is 5. The van der Waals surface area contributed by atoms with Crippen LogP contribution >= 0.6 is 0 Å². The summed E-state index contributed by atoms with van der Waals surface area (Å²) >= 11 is 0. The Morgan fingerprint density at radius 1 is 1.35 bits per heavy atom. The number of rotatable bonds is 6. The van der Waals surface area contributed by atoms with Gasteiger partial charge in [-0.05, 0) is 19.4 Å². The van der Waals surface area contributed by atoms with Gasteiger partial charge in [0.2, 0.25) is 5.91 Å². The number of hydrogen-bond acceptors (Lipinski definition) is 4. The van der Waals surface area contributed by atoms with Crippen molar-refractivity contribution in [3.05, 3.63) is 48.6 Å². The van der Waals surface area contributed by atoms with Crippen LogP contribution in [-0.4, -0.2) is 36.1 Å². The molecule has 2 N–H and O–H groups in total. The first-order valence-corrected chi connectivity index (χ1v) is 7.88. The second-order valence-corrected chi connectivity index (χ2v) is 4.58. The molecule has 0 bridgehead atoms. The molecule has 5 nitrogen and oxygen atoms in total. The van der Waals surface area contributed by atoms with Gasteiger partial charge in [-0.15, -0.1) is 6.58 Å². The first-order chi connectivity index (χ1) is 11.1. The first kappa shape index (κ1) is 20.9. The highest BCUT2D eigenvalue weighted by atomic mass is 16.6. The predicted octanol–water partition coefficient (Wildman–Crippen LogP) is 3.20. The summed E-state index contributed by atoms with van der Waals surface area (Å²) in [6, 6.07) is -0.874. The van der Waals surface area contributed by atoms with Crippen LogP contribution in [0.1, 0.15) is 27.7 Å². The Hall–Kier alpha value is -2.14. The third kappa shape index (κ3) is 5.87. The highest BCUT2D eigenvalue weighted by molar-refractivity contribution is 5.96. The molecular weight excluding hydrogens is 292 g/mol. The molecule has 0 aromatic carbocycles. The predicted molar refractivity (Wildman–Crippen MR) is 93.8 cm³/mol. The lowest BCUT2D eigenvalue weighted by atomic mass is 9.90. The van der Waals surface area contributed by atoms with E-state index in [2.05, 4.69) is 6.58 Å². The van der Waals surface area contributed by atoms with E-state index in [0.29, 0.717) is 0 Å². The van der Waals surface area contributed by atoms with Crippen molar-refractivity contribution in [1.29, 1.82) is 0 Å². The van der Waals surface area contributed by atoms with E-state index in [1.54, 1.807) is 6.08 Å². The van der Waals surface area contributed by atoms with Gasteiger partial charge in [0.05, 0.1) is 12.6 Å². The van der Waals surface area contributed by atoms with E-state index in [4.69, 9.17) is 10.5 Å². The number of carbonyl (C=O) groups excluding carboxylic acids is 2. The van der Waals surface area contributed by atoms with E-state index in [1.807, 2.05) is 58.1 Å². The van der Waals surface area contributed by atoms with Crippen LogP contribution in [0.4, 0.5) is 4.79 Å². The van der Waals surface area contributed by atoms with Crippen molar-refractivity contribution in [3.63, 3.8) is 0 Å². The molecular formula is C18H28N2O3. The average molecular weight is 320 g/mol. The molecule has 0 saturated carbocycles. The fourth-order valence-corrected chi connectivity index (χ4v) is 2.09. The summed E-state index contributed by atoms with van der Waals surface area (Å²) in [5.74, 6) is -0.823. The summed E-state index contributed by atoms with van der Waals surface area (Å²) < 4.78 is 4.77. The van der Waals surface area contributed by atoms with Crippen molar-refractivity contribution in [2.75, 3.05) is 13.2 Å². The second-order valence-electron chi connectivity index (χ2n) is 4.58. The Morgan fingerprint density at radius 2 is 2.00 bits per heavy atom. The third-order valence-electron chi connectivity index (χ3n) is 3.18. The van der Waals surface area contributed by atoms with Crippen LogP contribution in [0.2, 0.25) is 0 Å². The Balaban J connectivity index is 0.00000232. The highest BCUT2D eigenvalue weighted by Crippen LogP contribution is 2.20. The van der Waals surface area contributed by atoms with Crippen molar-refractivity contribution in [2.24, 2.45) is 11.7 Å². The van der Waals surface area contributed by atoms with Crippen LogP contribution in [0.5, 0.6) is 0 Å². The minimum absolute atomic E-state index is 0.214. The largest absolute Gasteiger partial charge is 0.447 e. The zero-order valence-electron chi connectivity index (χ0n) is 14.5. The van der Waals surface area contributed by atoms with Gasteiger partial charge in [-0.3, -0.25) is 4.79 Å².